The number of guanidine groups is 1. The molecule has 0 radical (unpaired) electrons. The summed E-state index contributed by atoms with van der Waals surface area (Å²) in [6.45, 7) is 12.4. The van der Waals surface area contributed by atoms with Crippen molar-refractivity contribution in [1.29, 1.82) is 0 Å². The molecule has 0 bridgehead atoms. The second-order valence-electron chi connectivity index (χ2n) is 7.47. The molecule has 0 spiro atoms. The van der Waals surface area contributed by atoms with E-state index in [4.69, 9.17) is 9.73 Å². The molecular formula is C22H34IN5OS. The van der Waals surface area contributed by atoms with Crippen LogP contribution in [0.5, 0.6) is 0 Å². The van der Waals surface area contributed by atoms with Crippen molar-refractivity contribution in [2.24, 2.45) is 4.99 Å². The largest absolute Gasteiger partial charge is 0.376 e. The Kier molecular flexibility index (Phi) is 11.0. The zero-order valence-corrected chi connectivity index (χ0v) is 21.3. The second kappa shape index (κ2) is 13.2. The van der Waals surface area contributed by atoms with Gasteiger partial charge in [-0.2, -0.15) is 0 Å². The molecule has 1 aromatic carbocycles. The zero-order valence-electron chi connectivity index (χ0n) is 18.2. The van der Waals surface area contributed by atoms with Crippen molar-refractivity contribution in [2.75, 3.05) is 32.8 Å². The maximum atomic E-state index is 5.64. The Bertz CT molecular complexity index is 797. The Hall–Kier alpha value is -1.23. The minimum Gasteiger partial charge on any atom is -0.376 e. The van der Waals surface area contributed by atoms with Gasteiger partial charge in [-0.25, -0.2) is 9.98 Å². The highest BCUT2D eigenvalue weighted by Crippen LogP contribution is 2.13. The van der Waals surface area contributed by atoms with Crippen LogP contribution in [0.15, 0.2) is 34.6 Å². The third-order valence-corrected chi connectivity index (χ3v) is 5.65. The number of ether oxygens (including phenoxy) is 1. The number of aryl methyl sites for hydroxylation is 1. The minimum atomic E-state index is 0. The van der Waals surface area contributed by atoms with Crippen LogP contribution >= 0.6 is 35.3 Å². The van der Waals surface area contributed by atoms with Gasteiger partial charge in [0.25, 0.3) is 0 Å². The number of aromatic nitrogens is 1. The molecule has 2 aromatic rings. The van der Waals surface area contributed by atoms with Crippen molar-refractivity contribution in [2.45, 2.75) is 46.4 Å². The lowest BCUT2D eigenvalue weighted by atomic mass is 10.1. The predicted molar refractivity (Wildman–Crippen MR) is 136 cm³/mol. The number of hydrogen-bond donors (Lipinski definition) is 2. The molecule has 0 saturated carbocycles. The summed E-state index contributed by atoms with van der Waals surface area (Å²) < 4.78 is 5.64. The summed E-state index contributed by atoms with van der Waals surface area (Å²) in [6, 6.07) is 8.75. The van der Waals surface area contributed by atoms with Gasteiger partial charge in [0.05, 0.1) is 30.0 Å². The number of hydrogen-bond acceptors (Lipinski definition) is 5. The van der Waals surface area contributed by atoms with Gasteiger partial charge < -0.3 is 15.4 Å². The third kappa shape index (κ3) is 8.49. The maximum absolute atomic E-state index is 5.64. The summed E-state index contributed by atoms with van der Waals surface area (Å²) in [7, 11) is 0. The molecule has 1 saturated heterocycles. The van der Waals surface area contributed by atoms with E-state index in [-0.39, 0.29) is 24.0 Å². The summed E-state index contributed by atoms with van der Waals surface area (Å²) in [5.41, 5.74) is 3.71. The monoisotopic (exact) mass is 543 g/mol. The van der Waals surface area contributed by atoms with E-state index in [0.717, 1.165) is 62.4 Å². The van der Waals surface area contributed by atoms with Crippen molar-refractivity contribution < 1.29 is 4.74 Å². The summed E-state index contributed by atoms with van der Waals surface area (Å²) >= 11 is 1.70. The van der Waals surface area contributed by atoms with E-state index in [2.05, 4.69) is 64.0 Å². The number of thiazole rings is 1. The molecule has 2 N–H and O–H groups in total. The highest BCUT2D eigenvalue weighted by Gasteiger charge is 2.16. The first-order valence-electron chi connectivity index (χ1n) is 10.5. The number of nitrogens with one attached hydrogen (secondary N) is 2. The van der Waals surface area contributed by atoms with Crippen LogP contribution in [-0.2, 0) is 24.2 Å². The Balaban J connectivity index is 0.00000320. The van der Waals surface area contributed by atoms with Gasteiger partial charge in [0.2, 0.25) is 0 Å². The van der Waals surface area contributed by atoms with Gasteiger partial charge >= 0.3 is 0 Å². The van der Waals surface area contributed by atoms with E-state index in [1.807, 2.05) is 6.92 Å². The average Bonchev–Trinajstić information content (AvgIpc) is 3.11. The van der Waals surface area contributed by atoms with E-state index in [9.17, 15) is 0 Å². The van der Waals surface area contributed by atoms with Crippen LogP contribution in [0.1, 0.15) is 35.7 Å². The molecule has 2 heterocycles. The van der Waals surface area contributed by atoms with Gasteiger partial charge in [0.1, 0.15) is 0 Å². The van der Waals surface area contributed by atoms with Gasteiger partial charge in [0.15, 0.2) is 5.96 Å². The van der Waals surface area contributed by atoms with E-state index in [1.165, 1.54) is 11.1 Å². The first-order valence-corrected chi connectivity index (χ1v) is 11.4. The molecule has 30 heavy (non-hydrogen) atoms. The fourth-order valence-electron chi connectivity index (χ4n) is 3.46. The Labute approximate surface area is 201 Å². The van der Waals surface area contributed by atoms with Crippen molar-refractivity contribution in [3.8, 4) is 0 Å². The Morgan fingerprint density at radius 2 is 2.17 bits per heavy atom. The molecular weight excluding hydrogens is 509 g/mol. The van der Waals surface area contributed by atoms with E-state index in [1.54, 1.807) is 11.3 Å². The van der Waals surface area contributed by atoms with Crippen molar-refractivity contribution in [1.82, 2.24) is 20.5 Å². The molecule has 1 fully saturated rings. The van der Waals surface area contributed by atoms with Gasteiger partial charge in [-0.3, -0.25) is 4.90 Å². The van der Waals surface area contributed by atoms with Crippen LogP contribution in [0.4, 0.5) is 0 Å². The van der Waals surface area contributed by atoms with E-state index >= 15 is 0 Å². The lowest BCUT2D eigenvalue weighted by Gasteiger charge is -2.31. The van der Waals surface area contributed by atoms with E-state index in [0.29, 0.717) is 12.6 Å². The fourth-order valence-corrected chi connectivity index (χ4v) is 4.11. The van der Waals surface area contributed by atoms with Crippen LogP contribution < -0.4 is 10.6 Å². The number of aliphatic imine (C=N–C) groups is 1. The van der Waals surface area contributed by atoms with Gasteiger partial charge in [-0.1, -0.05) is 24.3 Å². The Morgan fingerprint density at radius 3 is 2.90 bits per heavy atom. The fraction of sp³-hybridized carbons (Fsp3) is 0.545. The minimum absolute atomic E-state index is 0. The SMILES string of the molecule is CCNC(=NCc1cccc(CN2CCOC(C)C2)c1)NCCc1csc(C)n1.I. The standard InChI is InChI=1S/C22H33N5OS.HI/c1-4-23-22(24-9-8-21-16-29-18(3)26-21)25-13-19-6-5-7-20(12-19)15-27-10-11-28-17(2)14-27;/h5-7,12,16-17H,4,8-11,13-15H2,1-3H3,(H2,23,24,25);1H. The summed E-state index contributed by atoms with van der Waals surface area (Å²) in [5.74, 6) is 0.854. The topological polar surface area (TPSA) is 61.8 Å². The second-order valence-corrected chi connectivity index (χ2v) is 8.53. The summed E-state index contributed by atoms with van der Waals surface area (Å²) in [5, 5.41) is 9.99. The first kappa shape index (κ1) is 25.0. The van der Waals surface area contributed by atoms with Crippen LogP contribution in [0.3, 0.4) is 0 Å². The molecule has 166 valence electrons. The van der Waals surface area contributed by atoms with Gasteiger partial charge in [-0.15, -0.1) is 35.3 Å². The van der Waals surface area contributed by atoms with Crippen LogP contribution in [-0.4, -0.2) is 54.7 Å². The molecule has 1 aliphatic heterocycles. The number of halogens is 1. The van der Waals surface area contributed by atoms with Crippen molar-refractivity contribution >= 4 is 41.3 Å². The van der Waals surface area contributed by atoms with Crippen LogP contribution in [0.2, 0.25) is 0 Å². The number of rotatable bonds is 8. The average molecular weight is 544 g/mol. The summed E-state index contributed by atoms with van der Waals surface area (Å²) in [6.07, 6.45) is 1.22. The molecule has 8 heteroatoms. The molecule has 0 amide bonds. The predicted octanol–water partition coefficient (Wildman–Crippen LogP) is 3.59. The lowest BCUT2D eigenvalue weighted by Crippen LogP contribution is -2.40. The van der Waals surface area contributed by atoms with Gasteiger partial charge in [-0.05, 0) is 31.9 Å². The number of morpholine rings is 1. The summed E-state index contributed by atoms with van der Waals surface area (Å²) in [4.78, 5) is 11.7. The smallest absolute Gasteiger partial charge is 0.191 e. The highest BCUT2D eigenvalue weighted by atomic mass is 127. The molecule has 1 atom stereocenters. The van der Waals surface area contributed by atoms with Crippen molar-refractivity contribution in [3.63, 3.8) is 0 Å². The number of benzene rings is 1. The van der Waals surface area contributed by atoms with E-state index < -0.39 is 0 Å². The number of nitrogens with zero attached hydrogens (tertiary/aromatic N) is 3. The normalized spacial score (nSPS) is 17.4. The van der Waals surface area contributed by atoms with Crippen LogP contribution in [0.25, 0.3) is 0 Å². The van der Waals surface area contributed by atoms with Crippen LogP contribution in [0, 0.1) is 6.92 Å². The molecule has 3 rings (SSSR count). The zero-order chi connectivity index (χ0) is 20.5. The Morgan fingerprint density at radius 1 is 1.33 bits per heavy atom. The third-order valence-electron chi connectivity index (χ3n) is 4.83. The molecule has 6 nitrogen and oxygen atoms in total. The first-order chi connectivity index (χ1) is 14.1. The molecule has 0 aliphatic carbocycles. The molecule has 1 unspecified atom stereocenters. The maximum Gasteiger partial charge on any atom is 0.191 e. The lowest BCUT2D eigenvalue weighted by molar-refractivity contribution is -0.0212. The van der Waals surface area contributed by atoms with Crippen molar-refractivity contribution in [3.05, 3.63) is 51.5 Å². The van der Waals surface area contributed by atoms with Gasteiger partial charge in [0, 0.05) is 44.5 Å². The highest BCUT2D eigenvalue weighted by molar-refractivity contribution is 14.0. The quantitative estimate of drug-likeness (QED) is 0.303. The molecule has 1 aliphatic rings. The molecule has 1 aromatic heterocycles.